The molecule has 2 fully saturated rings. The summed E-state index contributed by atoms with van der Waals surface area (Å²) < 4.78 is 27.5. The van der Waals surface area contributed by atoms with Gasteiger partial charge in [-0.05, 0) is 68.5 Å². The Morgan fingerprint density at radius 2 is 1.57 bits per heavy atom. The maximum atomic E-state index is 12.9. The first kappa shape index (κ1) is 21.3. The second-order valence-electron chi connectivity index (χ2n) is 8.53. The zero-order valence-corrected chi connectivity index (χ0v) is 17.9. The molecule has 28 heavy (non-hydrogen) atoms. The molecule has 2 heterocycles. The van der Waals surface area contributed by atoms with Gasteiger partial charge in [-0.1, -0.05) is 26.7 Å². The highest BCUT2D eigenvalue weighted by Crippen LogP contribution is 2.27. The van der Waals surface area contributed by atoms with E-state index in [0.717, 1.165) is 32.4 Å². The molecule has 1 aromatic carbocycles. The topological polar surface area (TPSA) is 69.7 Å². The average molecular weight is 408 g/mol. The monoisotopic (exact) mass is 407 g/mol. The maximum Gasteiger partial charge on any atom is 0.243 e. The second kappa shape index (κ2) is 9.37. The van der Waals surface area contributed by atoms with Crippen LogP contribution in [0.2, 0.25) is 0 Å². The van der Waals surface area contributed by atoms with Crippen LogP contribution in [-0.2, 0) is 14.8 Å². The van der Waals surface area contributed by atoms with Crippen LogP contribution in [-0.4, -0.2) is 56.3 Å². The molecule has 3 rings (SSSR count). The van der Waals surface area contributed by atoms with E-state index in [-0.39, 0.29) is 5.91 Å². The van der Waals surface area contributed by atoms with Gasteiger partial charge in [-0.3, -0.25) is 9.69 Å². The van der Waals surface area contributed by atoms with Crippen molar-refractivity contribution in [3.8, 4) is 0 Å². The van der Waals surface area contributed by atoms with Crippen molar-refractivity contribution in [2.45, 2.75) is 50.8 Å². The van der Waals surface area contributed by atoms with Crippen LogP contribution in [0.3, 0.4) is 0 Å². The number of hydrogen-bond acceptors (Lipinski definition) is 4. The zero-order chi connectivity index (χ0) is 20.1. The Morgan fingerprint density at radius 1 is 1.00 bits per heavy atom. The van der Waals surface area contributed by atoms with Crippen LogP contribution in [0.5, 0.6) is 0 Å². The normalized spacial score (nSPS) is 25.2. The number of likely N-dealkylation sites (tertiary alicyclic amines) is 1. The fraction of sp³-hybridized carbons (Fsp3) is 0.667. The molecule has 0 saturated carbocycles. The first-order valence-corrected chi connectivity index (χ1v) is 11.9. The van der Waals surface area contributed by atoms with Gasteiger partial charge < -0.3 is 5.32 Å². The number of anilines is 1. The molecule has 0 unspecified atom stereocenters. The first-order valence-electron chi connectivity index (χ1n) is 10.5. The van der Waals surface area contributed by atoms with E-state index in [1.807, 2.05) is 0 Å². The van der Waals surface area contributed by atoms with E-state index in [1.54, 1.807) is 28.6 Å². The van der Waals surface area contributed by atoms with Gasteiger partial charge in [0.2, 0.25) is 15.9 Å². The van der Waals surface area contributed by atoms with Crippen molar-refractivity contribution >= 4 is 21.6 Å². The molecule has 2 aliphatic rings. The molecule has 0 bridgehead atoms. The molecule has 1 amide bonds. The number of rotatable bonds is 5. The lowest BCUT2D eigenvalue weighted by molar-refractivity contribution is -0.117. The predicted molar refractivity (Wildman–Crippen MR) is 112 cm³/mol. The van der Waals surface area contributed by atoms with Gasteiger partial charge in [0.05, 0.1) is 11.4 Å². The van der Waals surface area contributed by atoms with E-state index in [2.05, 4.69) is 24.1 Å². The number of amides is 1. The number of carbonyl (C=O) groups excluding carboxylic acids is 1. The van der Waals surface area contributed by atoms with E-state index in [0.29, 0.717) is 42.1 Å². The van der Waals surface area contributed by atoms with Crippen molar-refractivity contribution in [3.63, 3.8) is 0 Å². The highest BCUT2D eigenvalue weighted by Gasteiger charge is 2.31. The van der Waals surface area contributed by atoms with Crippen molar-refractivity contribution in [2.24, 2.45) is 11.8 Å². The van der Waals surface area contributed by atoms with Gasteiger partial charge in [-0.15, -0.1) is 0 Å². The lowest BCUT2D eigenvalue weighted by Crippen LogP contribution is -2.42. The summed E-state index contributed by atoms with van der Waals surface area (Å²) in [7, 11) is -3.49. The summed E-state index contributed by atoms with van der Waals surface area (Å²) in [6.45, 7) is 7.67. The number of benzene rings is 1. The fourth-order valence-electron chi connectivity index (χ4n) is 4.36. The molecule has 2 aliphatic heterocycles. The maximum absolute atomic E-state index is 12.9. The molecular weight excluding hydrogens is 374 g/mol. The number of nitrogens with one attached hydrogen (secondary N) is 1. The third-order valence-electron chi connectivity index (χ3n) is 5.68. The van der Waals surface area contributed by atoms with Crippen molar-refractivity contribution in [2.75, 3.05) is 38.0 Å². The molecule has 7 heteroatoms. The summed E-state index contributed by atoms with van der Waals surface area (Å²) in [5, 5.41) is 2.89. The van der Waals surface area contributed by atoms with E-state index < -0.39 is 10.0 Å². The van der Waals surface area contributed by atoms with Gasteiger partial charge in [0.25, 0.3) is 0 Å². The summed E-state index contributed by atoms with van der Waals surface area (Å²) in [6, 6.07) is 6.57. The number of carbonyl (C=O) groups is 1. The van der Waals surface area contributed by atoms with Crippen molar-refractivity contribution in [1.82, 2.24) is 9.21 Å². The van der Waals surface area contributed by atoms with Crippen molar-refractivity contribution in [3.05, 3.63) is 24.3 Å². The third kappa shape index (κ3) is 5.55. The first-order chi connectivity index (χ1) is 13.3. The Balaban J connectivity index is 1.60. The van der Waals surface area contributed by atoms with Gasteiger partial charge in [-0.25, -0.2) is 8.42 Å². The summed E-state index contributed by atoms with van der Waals surface area (Å²) >= 11 is 0. The Labute approximate surface area is 169 Å². The van der Waals surface area contributed by atoms with Gasteiger partial charge in [-0.2, -0.15) is 4.31 Å². The fourth-order valence-corrected chi connectivity index (χ4v) is 6.04. The molecule has 2 saturated heterocycles. The van der Waals surface area contributed by atoms with E-state index in [1.165, 1.54) is 12.8 Å². The zero-order valence-electron chi connectivity index (χ0n) is 17.1. The van der Waals surface area contributed by atoms with Crippen LogP contribution in [0.4, 0.5) is 5.69 Å². The Bertz CT molecular complexity index is 746. The number of piperidine rings is 1. The number of hydrogen-bond donors (Lipinski definition) is 1. The lowest BCUT2D eigenvalue weighted by atomic mass is 9.94. The van der Waals surface area contributed by atoms with Crippen LogP contribution in [0.25, 0.3) is 0 Å². The minimum atomic E-state index is -3.49. The van der Waals surface area contributed by atoms with Gasteiger partial charge >= 0.3 is 0 Å². The molecule has 1 N–H and O–H groups in total. The molecule has 1 aromatic rings. The molecule has 156 valence electrons. The van der Waals surface area contributed by atoms with Crippen molar-refractivity contribution < 1.29 is 13.2 Å². The summed E-state index contributed by atoms with van der Waals surface area (Å²) in [5.41, 5.74) is 0.638. The van der Waals surface area contributed by atoms with Crippen LogP contribution in [0.15, 0.2) is 29.2 Å². The summed E-state index contributed by atoms with van der Waals surface area (Å²) in [6.07, 6.45) is 5.83. The van der Waals surface area contributed by atoms with E-state index >= 15 is 0 Å². The SMILES string of the molecule is C[C@H]1C[C@H](C)CN(S(=O)(=O)c2ccc(NC(=O)CN3CCCCCC3)cc2)C1. The van der Waals surface area contributed by atoms with E-state index in [4.69, 9.17) is 0 Å². The van der Waals surface area contributed by atoms with Gasteiger partial charge in [0, 0.05) is 18.8 Å². The van der Waals surface area contributed by atoms with Crippen LogP contribution in [0, 0.1) is 11.8 Å². The Morgan fingerprint density at radius 3 is 2.14 bits per heavy atom. The van der Waals surface area contributed by atoms with Crippen molar-refractivity contribution in [1.29, 1.82) is 0 Å². The quantitative estimate of drug-likeness (QED) is 0.814. The van der Waals surface area contributed by atoms with E-state index in [9.17, 15) is 13.2 Å². The molecule has 2 atom stereocenters. The average Bonchev–Trinajstić information content (AvgIpc) is 2.90. The highest BCUT2D eigenvalue weighted by molar-refractivity contribution is 7.89. The van der Waals surface area contributed by atoms with Gasteiger partial charge in [0.1, 0.15) is 0 Å². The molecule has 0 aromatic heterocycles. The number of nitrogens with zero attached hydrogens (tertiary/aromatic N) is 2. The molecule has 0 aliphatic carbocycles. The predicted octanol–water partition coefficient (Wildman–Crippen LogP) is 3.17. The minimum absolute atomic E-state index is 0.0452. The van der Waals surface area contributed by atoms with Crippen LogP contribution < -0.4 is 5.32 Å². The Kier molecular flexibility index (Phi) is 7.12. The molecule has 0 radical (unpaired) electrons. The molecular formula is C21H33N3O3S. The highest BCUT2D eigenvalue weighted by atomic mass is 32.2. The summed E-state index contributed by atoms with van der Waals surface area (Å²) in [5.74, 6) is 0.698. The smallest absolute Gasteiger partial charge is 0.243 e. The van der Waals surface area contributed by atoms with Crippen LogP contribution in [0.1, 0.15) is 46.0 Å². The lowest BCUT2D eigenvalue weighted by Gasteiger charge is -2.34. The Hall–Kier alpha value is -1.44. The molecule has 0 spiro atoms. The van der Waals surface area contributed by atoms with Gasteiger partial charge in [0.15, 0.2) is 0 Å². The standard InChI is InChI=1S/C21H33N3O3S/c1-17-13-18(2)15-24(14-17)28(26,27)20-9-7-19(8-10-20)22-21(25)16-23-11-5-3-4-6-12-23/h7-10,17-18H,3-6,11-16H2,1-2H3,(H,22,25)/t17-,18-/m0/s1. The third-order valence-corrected chi connectivity index (χ3v) is 7.52. The minimum Gasteiger partial charge on any atom is -0.325 e. The number of sulfonamides is 1. The second-order valence-corrected chi connectivity index (χ2v) is 10.5. The summed E-state index contributed by atoms with van der Waals surface area (Å²) in [4.78, 5) is 14.8. The largest absolute Gasteiger partial charge is 0.325 e. The van der Waals surface area contributed by atoms with Crippen LogP contribution >= 0.6 is 0 Å². The molecule has 6 nitrogen and oxygen atoms in total.